The van der Waals surface area contributed by atoms with E-state index < -0.39 is 12.0 Å². The maximum atomic E-state index is 10.6. The van der Waals surface area contributed by atoms with Crippen LogP contribution >= 0.6 is 0 Å². The molecule has 0 radical (unpaired) electrons. The normalized spacial score (nSPS) is 11.5. The molecule has 0 aromatic heterocycles. The average molecular weight is 235 g/mol. The molecule has 1 aromatic rings. The van der Waals surface area contributed by atoms with Gasteiger partial charge in [0, 0.05) is 11.5 Å². The molecule has 0 spiro atoms. The summed E-state index contributed by atoms with van der Waals surface area (Å²) < 4.78 is 5.30. The molecule has 17 heavy (non-hydrogen) atoms. The van der Waals surface area contributed by atoms with Crippen LogP contribution in [0.5, 0.6) is 0 Å². The van der Waals surface area contributed by atoms with E-state index >= 15 is 0 Å². The zero-order valence-electron chi connectivity index (χ0n) is 9.19. The largest absolute Gasteiger partial charge is 0.481 e. The van der Waals surface area contributed by atoms with E-state index in [9.17, 15) is 4.79 Å². The number of carboxylic acid groups (broad SMARTS) is 1. The van der Waals surface area contributed by atoms with Gasteiger partial charge in [-0.3, -0.25) is 4.79 Å². The number of benzene rings is 1. The fraction of sp³-hybridized carbons (Fsp3) is 0.364. The molecule has 6 nitrogen and oxygen atoms in total. The topological polar surface area (TPSA) is 95.3 Å². The second-order valence-corrected chi connectivity index (χ2v) is 3.39. The molecule has 0 saturated heterocycles. The molecule has 0 aliphatic carbocycles. The first-order valence-electron chi connectivity index (χ1n) is 5.12. The number of hydrogen-bond donors (Lipinski definition) is 1. The lowest BCUT2D eigenvalue weighted by Crippen LogP contribution is -2.19. The van der Waals surface area contributed by atoms with Gasteiger partial charge >= 0.3 is 5.97 Å². The molecule has 90 valence electrons. The van der Waals surface area contributed by atoms with Crippen molar-refractivity contribution < 1.29 is 14.6 Å². The average Bonchev–Trinajstić information content (AvgIpc) is 2.34. The molecule has 0 saturated carbocycles. The van der Waals surface area contributed by atoms with Gasteiger partial charge in [-0.15, -0.1) is 0 Å². The minimum absolute atomic E-state index is 0.173. The Bertz CT molecular complexity index is 400. The standard InChI is InChI=1S/C11H13N3O3/c12-14-13-10(11(15)16)6-7-17-8-9-4-2-1-3-5-9/h1-5,10H,6-8H2,(H,15,16). The van der Waals surface area contributed by atoms with Crippen LogP contribution in [0.1, 0.15) is 12.0 Å². The summed E-state index contributed by atoms with van der Waals surface area (Å²) >= 11 is 0. The lowest BCUT2D eigenvalue weighted by atomic mass is 10.2. The molecule has 0 amide bonds. The Hall–Kier alpha value is -2.04. The minimum atomic E-state index is -1.13. The quantitative estimate of drug-likeness (QED) is 0.340. The van der Waals surface area contributed by atoms with Gasteiger partial charge in [-0.2, -0.15) is 0 Å². The van der Waals surface area contributed by atoms with Gasteiger partial charge in [0.15, 0.2) is 0 Å². The molecule has 1 rings (SSSR count). The predicted octanol–water partition coefficient (Wildman–Crippen LogP) is 2.36. The third-order valence-corrected chi connectivity index (χ3v) is 2.12. The molecule has 6 heteroatoms. The van der Waals surface area contributed by atoms with Crippen molar-refractivity contribution in [1.29, 1.82) is 0 Å². The SMILES string of the molecule is [N-]=[N+]=NC(CCOCc1ccccc1)C(=O)O. The van der Waals surface area contributed by atoms with Crippen molar-refractivity contribution in [2.75, 3.05) is 6.61 Å². The van der Waals surface area contributed by atoms with E-state index in [-0.39, 0.29) is 13.0 Å². The van der Waals surface area contributed by atoms with Crippen molar-refractivity contribution >= 4 is 5.97 Å². The summed E-state index contributed by atoms with van der Waals surface area (Å²) in [5, 5.41) is 11.9. The molecule has 0 aliphatic rings. The minimum Gasteiger partial charge on any atom is -0.481 e. The number of carbonyl (C=O) groups is 1. The van der Waals surface area contributed by atoms with E-state index in [4.69, 9.17) is 15.4 Å². The molecule has 1 atom stereocenters. The van der Waals surface area contributed by atoms with Crippen LogP contribution in [0, 0.1) is 0 Å². The first-order valence-corrected chi connectivity index (χ1v) is 5.12. The van der Waals surface area contributed by atoms with E-state index in [1.165, 1.54) is 0 Å². The summed E-state index contributed by atoms with van der Waals surface area (Å²) in [7, 11) is 0. The maximum absolute atomic E-state index is 10.6. The Kier molecular flexibility index (Phi) is 5.57. The molecule has 1 aromatic carbocycles. The van der Waals surface area contributed by atoms with Gasteiger partial charge < -0.3 is 9.84 Å². The fourth-order valence-corrected chi connectivity index (χ4v) is 1.25. The number of nitrogens with zero attached hydrogens (tertiary/aromatic N) is 3. The summed E-state index contributed by atoms with van der Waals surface area (Å²) in [5.41, 5.74) is 9.19. The second kappa shape index (κ2) is 7.27. The third-order valence-electron chi connectivity index (χ3n) is 2.12. The van der Waals surface area contributed by atoms with E-state index in [0.717, 1.165) is 5.56 Å². The second-order valence-electron chi connectivity index (χ2n) is 3.39. The summed E-state index contributed by atoms with van der Waals surface area (Å²) in [6, 6.07) is 8.49. The highest BCUT2D eigenvalue weighted by molar-refractivity contribution is 5.73. The summed E-state index contributed by atoms with van der Waals surface area (Å²) in [5.74, 6) is -1.13. The number of rotatable bonds is 7. The van der Waals surface area contributed by atoms with Gasteiger partial charge in [-0.05, 0) is 17.5 Å². The van der Waals surface area contributed by atoms with Gasteiger partial charge in [0.1, 0.15) is 6.04 Å². The highest BCUT2D eigenvalue weighted by atomic mass is 16.5. The van der Waals surface area contributed by atoms with Crippen molar-refractivity contribution in [3.8, 4) is 0 Å². The van der Waals surface area contributed by atoms with Crippen molar-refractivity contribution in [2.24, 2.45) is 5.11 Å². The highest BCUT2D eigenvalue weighted by Gasteiger charge is 2.14. The molecule has 0 fully saturated rings. The molecule has 1 N–H and O–H groups in total. The monoisotopic (exact) mass is 235 g/mol. The van der Waals surface area contributed by atoms with E-state index in [1.54, 1.807) is 0 Å². The summed E-state index contributed by atoms with van der Waals surface area (Å²) in [6.07, 6.45) is 0.173. The zero-order chi connectivity index (χ0) is 12.5. The fourth-order valence-electron chi connectivity index (χ4n) is 1.25. The molecule has 0 heterocycles. The van der Waals surface area contributed by atoms with E-state index in [0.29, 0.717) is 6.61 Å². The Labute approximate surface area is 98.5 Å². The van der Waals surface area contributed by atoms with E-state index in [2.05, 4.69) is 10.0 Å². The lowest BCUT2D eigenvalue weighted by molar-refractivity contribution is -0.139. The van der Waals surface area contributed by atoms with Crippen LogP contribution in [0.25, 0.3) is 10.4 Å². The van der Waals surface area contributed by atoms with Crippen LogP contribution in [0.4, 0.5) is 0 Å². The molecular formula is C11H13N3O3. The molecule has 1 unspecified atom stereocenters. The van der Waals surface area contributed by atoms with Crippen molar-refractivity contribution in [2.45, 2.75) is 19.1 Å². The number of carboxylic acids is 1. The third kappa shape index (κ3) is 5.01. The first-order chi connectivity index (χ1) is 8.24. The van der Waals surface area contributed by atoms with Crippen LogP contribution in [0.3, 0.4) is 0 Å². The number of ether oxygens (including phenoxy) is 1. The van der Waals surface area contributed by atoms with Crippen molar-refractivity contribution in [1.82, 2.24) is 0 Å². The Morgan fingerprint density at radius 3 is 2.76 bits per heavy atom. The van der Waals surface area contributed by atoms with Crippen LogP contribution in [-0.2, 0) is 16.1 Å². The van der Waals surface area contributed by atoms with Gasteiger partial charge in [0.05, 0.1) is 6.61 Å². The van der Waals surface area contributed by atoms with Gasteiger partial charge in [-0.1, -0.05) is 35.4 Å². The number of aliphatic carboxylic acids is 1. The van der Waals surface area contributed by atoms with Crippen LogP contribution in [0.15, 0.2) is 35.4 Å². The summed E-state index contributed by atoms with van der Waals surface area (Å²) in [6.45, 7) is 0.661. The zero-order valence-corrected chi connectivity index (χ0v) is 9.19. The van der Waals surface area contributed by atoms with Gasteiger partial charge in [0.25, 0.3) is 0 Å². The lowest BCUT2D eigenvalue weighted by Gasteiger charge is -2.06. The molecule has 0 bridgehead atoms. The smallest absolute Gasteiger partial charge is 0.312 e. The number of hydrogen-bond acceptors (Lipinski definition) is 3. The van der Waals surface area contributed by atoms with Gasteiger partial charge in [-0.25, -0.2) is 0 Å². The molecular weight excluding hydrogens is 222 g/mol. The van der Waals surface area contributed by atoms with E-state index in [1.807, 2.05) is 30.3 Å². The van der Waals surface area contributed by atoms with Crippen LogP contribution < -0.4 is 0 Å². The first kappa shape index (κ1) is 13.0. The Balaban J connectivity index is 2.28. The van der Waals surface area contributed by atoms with Crippen molar-refractivity contribution in [3.63, 3.8) is 0 Å². The van der Waals surface area contributed by atoms with Gasteiger partial charge in [0.2, 0.25) is 0 Å². The molecule has 0 aliphatic heterocycles. The van der Waals surface area contributed by atoms with Crippen LogP contribution in [-0.4, -0.2) is 23.7 Å². The number of azide groups is 1. The van der Waals surface area contributed by atoms with Crippen molar-refractivity contribution in [3.05, 3.63) is 46.3 Å². The Morgan fingerprint density at radius 1 is 1.47 bits per heavy atom. The Morgan fingerprint density at radius 2 is 2.18 bits per heavy atom. The van der Waals surface area contributed by atoms with Crippen LogP contribution in [0.2, 0.25) is 0 Å². The maximum Gasteiger partial charge on any atom is 0.312 e. The highest BCUT2D eigenvalue weighted by Crippen LogP contribution is 2.03. The predicted molar refractivity (Wildman–Crippen MR) is 61.3 cm³/mol. The summed E-state index contributed by atoms with van der Waals surface area (Å²) in [4.78, 5) is 13.1.